The molecule has 0 aromatic carbocycles. The number of rotatable bonds is 2. The summed E-state index contributed by atoms with van der Waals surface area (Å²) in [4.78, 5) is 22.9. The molecule has 102 valence electrons. The van der Waals surface area contributed by atoms with E-state index in [0.717, 1.165) is 0 Å². The number of piperidine rings is 1. The Hall–Kier alpha value is -1.20. The van der Waals surface area contributed by atoms with Crippen molar-refractivity contribution in [3.8, 4) is 0 Å². The molecule has 1 aliphatic heterocycles. The van der Waals surface area contributed by atoms with Crippen molar-refractivity contribution in [3.05, 3.63) is 0 Å². The summed E-state index contributed by atoms with van der Waals surface area (Å²) in [6, 6.07) is -0.0577. The van der Waals surface area contributed by atoms with E-state index in [1.807, 2.05) is 0 Å². The van der Waals surface area contributed by atoms with Crippen LogP contribution >= 0.6 is 0 Å². The number of amides is 2. The standard InChI is InChI=1S/C12H18F2N2O2/c13-12(14)5-3-8(4-6-12)11(18)16-9-1-2-10(17)15-7-9/h8-9H,1-7H2,(H,15,17)(H,16,18). The van der Waals surface area contributed by atoms with E-state index in [-0.39, 0.29) is 49.5 Å². The molecule has 1 heterocycles. The van der Waals surface area contributed by atoms with Crippen LogP contribution in [0.25, 0.3) is 0 Å². The molecule has 0 aromatic heterocycles. The Morgan fingerprint density at radius 3 is 2.50 bits per heavy atom. The van der Waals surface area contributed by atoms with Crippen molar-refractivity contribution in [2.24, 2.45) is 5.92 Å². The summed E-state index contributed by atoms with van der Waals surface area (Å²) >= 11 is 0. The van der Waals surface area contributed by atoms with Crippen LogP contribution in [0.4, 0.5) is 8.78 Å². The molecule has 2 rings (SSSR count). The zero-order valence-electron chi connectivity index (χ0n) is 10.2. The molecule has 1 atom stereocenters. The van der Waals surface area contributed by atoms with E-state index in [1.165, 1.54) is 0 Å². The summed E-state index contributed by atoms with van der Waals surface area (Å²) in [5.74, 6) is -3.05. The summed E-state index contributed by atoms with van der Waals surface area (Å²) in [7, 11) is 0. The lowest BCUT2D eigenvalue weighted by Gasteiger charge is -2.30. The lowest BCUT2D eigenvalue weighted by Crippen LogP contribution is -2.49. The van der Waals surface area contributed by atoms with Crippen molar-refractivity contribution in [1.82, 2.24) is 10.6 Å². The van der Waals surface area contributed by atoms with Gasteiger partial charge in [-0.1, -0.05) is 0 Å². The topological polar surface area (TPSA) is 58.2 Å². The summed E-state index contributed by atoms with van der Waals surface area (Å²) in [5.41, 5.74) is 0. The number of carbonyl (C=O) groups excluding carboxylic acids is 2. The van der Waals surface area contributed by atoms with Gasteiger partial charge in [0, 0.05) is 37.8 Å². The minimum atomic E-state index is -2.60. The second-order valence-corrected chi connectivity index (χ2v) is 5.18. The van der Waals surface area contributed by atoms with E-state index in [0.29, 0.717) is 19.4 Å². The highest BCUT2D eigenvalue weighted by molar-refractivity contribution is 5.80. The summed E-state index contributed by atoms with van der Waals surface area (Å²) in [5, 5.41) is 5.52. The van der Waals surface area contributed by atoms with Crippen LogP contribution in [0.2, 0.25) is 0 Å². The van der Waals surface area contributed by atoms with Crippen LogP contribution in [0.5, 0.6) is 0 Å². The van der Waals surface area contributed by atoms with E-state index >= 15 is 0 Å². The number of alkyl halides is 2. The molecule has 1 aliphatic carbocycles. The largest absolute Gasteiger partial charge is 0.354 e. The minimum absolute atomic E-state index is 0.00203. The van der Waals surface area contributed by atoms with Gasteiger partial charge in [0.2, 0.25) is 17.7 Å². The summed E-state index contributed by atoms with van der Waals surface area (Å²) in [6.45, 7) is 0.438. The van der Waals surface area contributed by atoms with Gasteiger partial charge in [-0.3, -0.25) is 9.59 Å². The first kappa shape index (κ1) is 13.2. The van der Waals surface area contributed by atoms with Gasteiger partial charge in [0.1, 0.15) is 0 Å². The zero-order chi connectivity index (χ0) is 13.2. The number of carbonyl (C=O) groups is 2. The Balaban J connectivity index is 1.77. The van der Waals surface area contributed by atoms with E-state index in [9.17, 15) is 18.4 Å². The fourth-order valence-corrected chi connectivity index (χ4v) is 2.48. The minimum Gasteiger partial charge on any atom is -0.354 e. The third kappa shape index (κ3) is 3.40. The van der Waals surface area contributed by atoms with Crippen LogP contribution in [0, 0.1) is 5.92 Å². The van der Waals surface area contributed by atoms with Crippen LogP contribution in [-0.2, 0) is 9.59 Å². The van der Waals surface area contributed by atoms with Crippen molar-refractivity contribution in [2.45, 2.75) is 50.5 Å². The van der Waals surface area contributed by atoms with Gasteiger partial charge in [-0.05, 0) is 19.3 Å². The Bertz CT molecular complexity index is 327. The lowest BCUT2D eigenvalue weighted by molar-refractivity contribution is -0.131. The number of nitrogens with one attached hydrogen (secondary N) is 2. The van der Waals surface area contributed by atoms with Crippen LogP contribution in [-0.4, -0.2) is 30.3 Å². The second-order valence-electron chi connectivity index (χ2n) is 5.18. The smallest absolute Gasteiger partial charge is 0.248 e. The molecule has 2 amide bonds. The average molecular weight is 260 g/mol. The fourth-order valence-electron chi connectivity index (χ4n) is 2.48. The monoisotopic (exact) mass is 260 g/mol. The maximum absolute atomic E-state index is 13.0. The molecular formula is C12H18F2N2O2. The Labute approximate surface area is 104 Å². The van der Waals surface area contributed by atoms with Gasteiger partial charge in [0.25, 0.3) is 0 Å². The van der Waals surface area contributed by atoms with Crippen molar-refractivity contribution < 1.29 is 18.4 Å². The van der Waals surface area contributed by atoms with Gasteiger partial charge in [0.05, 0.1) is 0 Å². The summed E-state index contributed by atoms with van der Waals surface area (Å²) < 4.78 is 25.9. The number of halogens is 2. The normalized spacial score (nSPS) is 28.6. The van der Waals surface area contributed by atoms with Crippen molar-refractivity contribution in [3.63, 3.8) is 0 Å². The molecule has 0 bridgehead atoms. The van der Waals surface area contributed by atoms with Gasteiger partial charge in [0.15, 0.2) is 0 Å². The molecule has 1 unspecified atom stereocenters. The zero-order valence-corrected chi connectivity index (χ0v) is 10.2. The maximum Gasteiger partial charge on any atom is 0.248 e. The highest BCUT2D eigenvalue weighted by atomic mass is 19.3. The van der Waals surface area contributed by atoms with Gasteiger partial charge in [-0.2, -0.15) is 0 Å². The molecule has 2 N–H and O–H groups in total. The molecule has 2 aliphatic rings. The van der Waals surface area contributed by atoms with Crippen molar-refractivity contribution in [2.75, 3.05) is 6.54 Å². The van der Waals surface area contributed by atoms with E-state index in [4.69, 9.17) is 0 Å². The highest BCUT2D eigenvalue weighted by Gasteiger charge is 2.37. The van der Waals surface area contributed by atoms with Crippen molar-refractivity contribution in [1.29, 1.82) is 0 Å². The van der Waals surface area contributed by atoms with Crippen molar-refractivity contribution >= 4 is 11.8 Å². The number of hydrogen-bond acceptors (Lipinski definition) is 2. The van der Waals surface area contributed by atoms with E-state index in [2.05, 4.69) is 10.6 Å². The average Bonchev–Trinajstić information content (AvgIpc) is 2.32. The molecular weight excluding hydrogens is 242 g/mol. The lowest BCUT2D eigenvalue weighted by atomic mass is 9.86. The molecule has 0 aromatic rings. The SMILES string of the molecule is O=C1CCC(NC(=O)C2CCC(F)(F)CC2)CN1. The maximum atomic E-state index is 13.0. The quantitative estimate of drug-likeness (QED) is 0.784. The molecule has 1 saturated carbocycles. The molecule has 6 heteroatoms. The van der Waals surface area contributed by atoms with Gasteiger partial charge in [-0.25, -0.2) is 8.78 Å². The number of hydrogen-bond donors (Lipinski definition) is 2. The molecule has 1 saturated heterocycles. The van der Waals surface area contributed by atoms with Crippen LogP contribution in [0.3, 0.4) is 0 Å². The predicted molar refractivity (Wildman–Crippen MR) is 61.1 cm³/mol. The third-order valence-corrected chi connectivity index (χ3v) is 3.70. The van der Waals surface area contributed by atoms with Gasteiger partial charge < -0.3 is 10.6 Å². The Morgan fingerprint density at radius 2 is 1.94 bits per heavy atom. The highest BCUT2D eigenvalue weighted by Crippen LogP contribution is 2.36. The molecule has 4 nitrogen and oxygen atoms in total. The van der Waals surface area contributed by atoms with Crippen LogP contribution < -0.4 is 10.6 Å². The third-order valence-electron chi connectivity index (χ3n) is 3.70. The fraction of sp³-hybridized carbons (Fsp3) is 0.833. The summed E-state index contributed by atoms with van der Waals surface area (Å²) in [6.07, 6.45) is 1.13. The van der Waals surface area contributed by atoms with Gasteiger partial charge in [-0.15, -0.1) is 0 Å². The Morgan fingerprint density at radius 1 is 1.28 bits per heavy atom. The molecule has 18 heavy (non-hydrogen) atoms. The first-order valence-electron chi connectivity index (χ1n) is 6.41. The van der Waals surface area contributed by atoms with E-state index < -0.39 is 5.92 Å². The second kappa shape index (κ2) is 5.20. The molecule has 0 radical (unpaired) electrons. The predicted octanol–water partition coefficient (Wildman–Crippen LogP) is 1.21. The van der Waals surface area contributed by atoms with Crippen LogP contribution in [0.15, 0.2) is 0 Å². The van der Waals surface area contributed by atoms with Gasteiger partial charge >= 0.3 is 0 Å². The molecule has 2 fully saturated rings. The molecule has 0 spiro atoms. The van der Waals surface area contributed by atoms with E-state index in [1.54, 1.807) is 0 Å². The Kier molecular flexibility index (Phi) is 3.82. The first-order valence-corrected chi connectivity index (χ1v) is 6.41. The van der Waals surface area contributed by atoms with Crippen LogP contribution in [0.1, 0.15) is 38.5 Å². The first-order chi connectivity index (χ1) is 8.46.